The number of benzene rings is 1. The van der Waals surface area contributed by atoms with Crippen molar-refractivity contribution in [3.8, 4) is 5.75 Å². The van der Waals surface area contributed by atoms with E-state index < -0.39 is 17.7 Å². The Kier molecular flexibility index (Phi) is 5.66. The molecule has 30 heavy (non-hydrogen) atoms. The number of ketones is 1. The Bertz CT molecular complexity index is 1020. The highest BCUT2D eigenvalue weighted by atomic mass is 32.1. The number of rotatable bonds is 6. The fraction of sp³-hybridized carbons (Fsp3) is 0.391. The van der Waals surface area contributed by atoms with Gasteiger partial charge in [0, 0.05) is 23.4 Å². The monoisotopic (exact) mass is 426 g/mol. The van der Waals surface area contributed by atoms with Crippen molar-refractivity contribution < 1.29 is 19.4 Å². The van der Waals surface area contributed by atoms with Gasteiger partial charge in [0.05, 0.1) is 18.2 Å². The summed E-state index contributed by atoms with van der Waals surface area (Å²) in [5.41, 5.74) is 2.74. The van der Waals surface area contributed by atoms with Gasteiger partial charge in [-0.2, -0.15) is 0 Å². The van der Waals surface area contributed by atoms with Gasteiger partial charge < -0.3 is 19.6 Å². The van der Waals surface area contributed by atoms with Crippen LogP contribution in [-0.4, -0.2) is 60.4 Å². The van der Waals surface area contributed by atoms with Crippen LogP contribution in [0.3, 0.4) is 0 Å². The van der Waals surface area contributed by atoms with Gasteiger partial charge in [0.1, 0.15) is 11.5 Å². The molecular formula is C23H26N2O4S. The van der Waals surface area contributed by atoms with Crippen LogP contribution in [0.4, 0.5) is 0 Å². The number of Topliss-reactive ketones (excluding diaryl/α,β-unsaturated/α-hetero) is 1. The van der Waals surface area contributed by atoms with Gasteiger partial charge in [-0.15, -0.1) is 11.3 Å². The van der Waals surface area contributed by atoms with Crippen LogP contribution in [-0.2, 0) is 16.0 Å². The molecule has 0 saturated carbocycles. The Morgan fingerprint density at radius 2 is 2.10 bits per heavy atom. The Balaban J connectivity index is 1.78. The third kappa shape index (κ3) is 3.63. The average molecular weight is 427 g/mol. The summed E-state index contributed by atoms with van der Waals surface area (Å²) < 4.78 is 5.54. The molecule has 1 aromatic heterocycles. The van der Waals surface area contributed by atoms with Crippen LogP contribution in [0.15, 0.2) is 35.2 Å². The number of hydrogen-bond donors (Lipinski definition) is 1. The van der Waals surface area contributed by atoms with Gasteiger partial charge in [0.25, 0.3) is 11.7 Å². The number of carbonyl (C=O) groups excluding carboxylic acids is 2. The number of amides is 1. The fourth-order valence-corrected chi connectivity index (χ4v) is 5.14. The van der Waals surface area contributed by atoms with E-state index >= 15 is 0 Å². The number of likely N-dealkylation sites (tertiary alicyclic amines) is 1. The third-order valence-corrected chi connectivity index (χ3v) is 6.73. The smallest absolute Gasteiger partial charge is 0.295 e. The predicted octanol–water partition coefficient (Wildman–Crippen LogP) is 3.36. The van der Waals surface area contributed by atoms with E-state index in [0.29, 0.717) is 18.7 Å². The molecule has 1 saturated heterocycles. The molecule has 7 heteroatoms. The Hall–Kier alpha value is -2.64. The minimum absolute atomic E-state index is 0.115. The van der Waals surface area contributed by atoms with E-state index in [1.54, 1.807) is 11.0 Å². The van der Waals surface area contributed by atoms with Gasteiger partial charge in [-0.25, -0.2) is 0 Å². The molecule has 1 atom stereocenters. The van der Waals surface area contributed by atoms with Crippen LogP contribution >= 0.6 is 11.3 Å². The number of thiophene rings is 1. The first kappa shape index (κ1) is 20.6. The van der Waals surface area contributed by atoms with E-state index in [-0.39, 0.29) is 11.3 Å². The quantitative estimate of drug-likeness (QED) is 0.436. The Labute approximate surface area is 180 Å². The number of hydrogen-bond acceptors (Lipinski definition) is 6. The predicted molar refractivity (Wildman–Crippen MR) is 117 cm³/mol. The molecule has 2 aliphatic rings. The molecule has 0 bridgehead atoms. The fourth-order valence-electron chi connectivity index (χ4n) is 4.09. The number of fused-ring (bicyclic) bond motifs is 1. The highest BCUT2D eigenvalue weighted by molar-refractivity contribution is 7.10. The topological polar surface area (TPSA) is 70.1 Å². The maximum Gasteiger partial charge on any atom is 0.295 e. The average Bonchev–Trinajstić information content (AvgIpc) is 3.41. The lowest BCUT2D eigenvalue weighted by molar-refractivity contribution is -0.139. The molecule has 4 rings (SSSR count). The van der Waals surface area contributed by atoms with E-state index in [2.05, 4.69) is 4.90 Å². The second kappa shape index (κ2) is 8.24. The van der Waals surface area contributed by atoms with Crippen LogP contribution < -0.4 is 4.74 Å². The molecule has 2 aromatic rings. The number of ether oxygens (including phenoxy) is 1. The molecule has 1 aromatic carbocycles. The first-order valence-corrected chi connectivity index (χ1v) is 11.0. The summed E-state index contributed by atoms with van der Waals surface area (Å²) >= 11 is 1.51. The van der Waals surface area contributed by atoms with Crippen molar-refractivity contribution in [1.82, 2.24) is 9.80 Å². The second-order valence-corrected chi connectivity index (χ2v) is 8.99. The molecule has 1 unspecified atom stereocenters. The maximum atomic E-state index is 13.0. The highest BCUT2D eigenvalue weighted by Gasteiger charge is 2.46. The molecule has 1 N–H and O–H groups in total. The second-order valence-electron chi connectivity index (χ2n) is 8.04. The Morgan fingerprint density at radius 1 is 1.30 bits per heavy atom. The summed E-state index contributed by atoms with van der Waals surface area (Å²) in [5.74, 6) is -0.471. The molecule has 6 nitrogen and oxygen atoms in total. The number of aliphatic hydroxyl groups excluding tert-OH is 1. The van der Waals surface area contributed by atoms with Crippen molar-refractivity contribution in [1.29, 1.82) is 0 Å². The zero-order chi connectivity index (χ0) is 21.4. The summed E-state index contributed by atoms with van der Waals surface area (Å²) in [7, 11) is 3.96. The molecule has 1 fully saturated rings. The summed E-state index contributed by atoms with van der Waals surface area (Å²) in [6.45, 7) is 3.85. The maximum absolute atomic E-state index is 13.0. The molecule has 0 spiro atoms. The first-order chi connectivity index (χ1) is 14.4. The van der Waals surface area contributed by atoms with Crippen molar-refractivity contribution in [3.63, 3.8) is 0 Å². The van der Waals surface area contributed by atoms with Crippen molar-refractivity contribution in [2.45, 2.75) is 25.8 Å². The summed E-state index contributed by atoms with van der Waals surface area (Å²) in [5, 5.41) is 13.1. The normalized spacial score (nSPS) is 20.1. The van der Waals surface area contributed by atoms with Gasteiger partial charge in [-0.05, 0) is 74.8 Å². The molecule has 3 heterocycles. The van der Waals surface area contributed by atoms with Crippen LogP contribution in [0.1, 0.15) is 34.0 Å². The number of aryl methyl sites for hydroxylation is 1. The standard InChI is InChI=1S/C23H26N2O4S/c1-14-8-12-30-22(14)19-18(21(27)23(28)25(19)10-4-9-24(2)3)20(26)16-5-6-17-15(13-16)7-11-29-17/h5-6,8,12-13,19,26H,4,7,9-11H2,1-3H3/b20-18-. The SMILES string of the molecule is Cc1ccsc1C1/C(=C(/O)c2ccc3c(c2)CCO3)C(=O)C(=O)N1CCCN(C)C. The minimum atomic E-state index is -0.619. The lowest BCUT2D eigenvalue weighted by Crippen LogP contribution is -2.32. The van der Waals surface area contributed by atoms with Crippen LogP contribution in [0.5, 0.6) is 5.75 Å². The van der Waals surface area contributed by atoms with Gasteiger partial charge in [-0.1, -0.05) is 0 Å². The van der Waals surface area contributed by atoms with Crippen LogP contribution in [0, 0.1) is 6.92 Å². The van der Waals surface area contributed by atoms with Crippen LogP contribution in [0.25, 0.3) is 5.76 Å². The van der Waals surface area contributed by atoms with E-state index in [1.807, 2.05) is 44.6 Å². The lowest BCUT2D eigenvalue weighted by Gasteiger charge is -2.25. The summed E-state index contributed by atoms with van der Waals surface area (Å²) in [6, 6.07) is 6.84. The van der Waals surface area contributed by atoms with Gasteiger partial charge in [0.15, 0.2) is 0 Å². The van der Waals surface area contributed by atoms with Gasteiger partial charge >= 0.3 is 0 Å². The Morgan fingerprint density at radius 3 is 2.80 bits per heavy atom. The van der Waals surface area contributed by atoms with Crippen molar-refractivity contribution in [2.24, 2.45) is 0 Å². The van der Waals surface area contributed by atoms with Crippen molar-refractivity contribution in [2.75, 3.05) is 33.8 Å². The zero-order valence-corrected chi connectivity index (χ0v) is 18.3. The largest absolute Gasteiger partial charge is 0.507 e. The first-order valence-electron chi connectivity index (χ1n) is 10.1. The van der Waals surface area contributed by atoms with Gasteiger partial charge in [-0.3, -0.25) is 9.59 Å². The molecule has 1 amide bonds. The zero-order valence-electron chi connectivity index (χ0n) is 17.5. The van der Waals surface area contributed by atoms with E-state index in [1.165, 1.54) is 11.3 Å². The van der Waals surface area contributed by atoms with E-state index in [4.69, 9.17) is 4.74 Å². The van der Waals surface area contributed by atoms with E-state index in [0.717, 1.165) is 41.1 Å². The third-order valence-electron chi connectivity index (χ3n) is 5.66. The molecule has 0 radical (unpaired) electrons. The molecule has 2 aliphatic heterocycles. The van der Waals surface area contributed by atoms with E-state index in [9.17, 15) is 14.7 Å². The van der Waals surface area contributed by atoms with Gasteiger partial charge in [0.2, 0.25) is 0 Å². The molecular weight excluding hydrogens is 400 g/mol. The number of nitrogens with zero attached hydrogens (tertiary/aromatic N) is 2. The minimum Gasteiger partial charge on any atom is -0.507 e. The van der Waals surface area contributed by atoms with Crippen LogP contribution in [0.2, 0.25) is 0 Å². The molecule has 158 valence electrons. The lowest BCUT2D eigenvalue weighted by atomic mass is 9.97. The highest BCUT2D eigenvalue weighted by Crippen LogP contribution is 2.43. The number of aliphatic hydroxyl groups is 1. The van der Waals surface area contributed by atoms with Crippen molar-refractivity contribution >= 4 is 28.8 Å². The number of carbonyl (C=O) groups is 2. The summed E-state index contributed by atoms with van der Waals surface area (Å²) in [6.07, 6.45) is 1.51. The van der Waals surface area contributed by atoms with Crippen molar-refractivity contribution in [3.05, 3.63) is 56.8 Å². The summed E-state index contributed by atoms with van der Waals surface area (Å²) in [4.78, 5) is 30.6. The molecule has 0 aliphatic carbocycles.